The summed E-state index contributed by atoms with van der Waals surface area (Å²) in [6.45, 7) is 6.14. The summed E-state index contributed by atoms with van der Waals surface area (Å²) in [5, 5.41) is 3.11. The van der Waals surface area contributed by atoms with Gasteiger partial charge in [-0.1, -0.05) is 44.5 Å². The molecule has 0 N–H and O–H groups in total. The van der Waals surface area contributed by atoms with Gasteiger partial charge in [0.25, 0.3) is 0 Å². The first-order chi connectivity index (χ1) is 11.9. The van der Waals surface area contributed by atoms with Crippen molar-refractivity contribution in [3.63, 3.8) is 0 Å². The molecule has 2 rings (SSSR count). The minimum absolute atomic E-state index is 0.0481. The summed E-state index contributed by atoms with van der Waals surface area (Å²) < 4.78 is 44.9. The molecule has 0 aliphatic rings. The number of hydrogen-bond acceptors (Lipinski definition) is 3. The SMILES string of the molecule is Cn1nc(C(F)(F)F)c(/C=C/C(=O)Oc2ccc(C(C)(C)C)cc2)c1Cl. The smallest absolute Gasteiger partial charge is 0.423 e. The first-order valence-corrected chi connectivity index (χ1v) is 8.07. The van der Waals surface area contributed by atoms with Crippen LogP contribution < -0.4 is 4.74 Å². The maximum absolute atomic E-state index is 13.0. The molecule has 1 aromatic heterocycles. The maximum atomic E-state index is 13.0. The van der Waals surface area contributed by atoms with Gasteiger partial charge in [-0.15, -0.1) is 0 Å². The summed E-state index contributed by atoms with van der Waals surface area (Å²) >= 11 is 5.82. The number of aromatic nitrogens is 2. The number of nitrogens with zero attached hydrogens (tertiary/aromatic N) is 2. The van der Waals surface area contributed by atoms with Gasteiger partial charge in [0.05, 0.1) is 0 Å². The molecular formula is C18H18ClF3N2O2. The van der Waals surface area contributed by atoms with E-state index in [-0.39, 0.29) is 16.1 Å². The van der Waals surface area contributed by atoms with Crippen LogP contribution in [0.4, 0.5) is 13.2 Å². The number of alkyl halides is 3. The summed E-state index contributed by atoms with van der Waals surface area (Å²) in [6, 6.07) is 6.91. The number of benzene rings is 1. The van der Waals surface area contributed by atoms with Crippen molar-refractivity contribution in [2.45, 2.75) is 32.4 Å². The standard InChI is InChI=1S/C18H18ClF3N2O2/c1-17(2,3)11-5-7-12(8-6-11)26-14(25)10-9-13-15(18(20,21)22)23-24(4)16(13)19/h5-10H,1-4H3/b10-9+. The topological polar surface area (TPSA) is 44.1 Å². The molecule has 140 valence electrons. The average molecular weight is 387 g/mol. The van der Waals surface area contributed by atoms with Crippen LogP contribution >= 0.6 is 11.6 Å². The van der Waals surface area contributed by atoms with E-state index in [2.05, 4.69) is 5.10 Å². The maximum Gasteiger partial charge on any atom is 0.435 e. The Labute approximate surface area is 154 Å². The highest BCUT2D eigenvalue weighted by Gasteiger charge is 2.38. The Hall–Kier alpha value is -2.28. The van der Waals surface area contributed by atoms with Gasteiger partial charge in [0.15, 0.2) is 5.69 Å². The van der Waals surface area contributed by atoms with E-state index in [1.807, 2.05) is 32.9 Å². The third-order valence-electron chi connectivity index (χ3n) is 3.60. The molecule has 8 heteroatoms. The molecule has 26 heavy (non-hydrogen) atoms. The highest BCUT2D eigenvalue weighted by Crippen LogP contribution is 2.34. The van der Waals surface area contributed by atoms with Crippen LogP contribution in [0.3, 0.4) is 0 Å². The molecule has 0 amide bonds. The van der Waals surface area contributed by atoms with Gasteiger partial charge in [-0.05, 0) is 29.2 Å². The van der Waals surface area contributed by atoms with Crippen molar-refractivity contribution in [2.75, 3.05) is 0 Å². The molecule has 0 radical (unpaired) electrons. The summed E-state index contributed by atoms with van der Waals surface area (Å²) in [5.41, 5.74) is -0.539. The number of ether oxygens (including phenoxy) is 1. The van der Waals surface area contributed by atoms with Crippen molar-refractivity contribution in [2.24, 2.45) is 7.05 Å². The summed E-state index contributed by atoms with van der Waals surface area (Å²) in [7, 11) is 1.28. The Balaban J connectivity index is 2.16. The van der Waals surface area contributed by atoms with Gasteiger partial charge in [-0.2, -0.15) is 18.3 Å². The molecule has 0 aliphatic heterocycles. The lowest BCUT2D eigenvalue weighted by molar-refractivity contribution is -0.141. The first-order valence-electron chi connectivity index (χ1n) is 7.69. The lowest BCUT2D eigenvalue weighted by Crippen LogP contribution is -2.11. The van der Waals surface area contributed by atoms with Crippen molar-refractivity contribution in [3.8, 4) is 5.75 Å². The van der Waals surface area contributed by atoms with Gasteiger partial charge in [0.2, 0.25) is 0 Å². The number of hydrogen-bond donors (Lipinski definition) is 0. The zero-order valence-corrected chi connectivity index (χ0v) is 15.4. The molecule has 0 atom stereocenters. The Morgan fingerprint density at radius 2 is 1.77 bits per heavy atom. The molecule has 1 aromatic carbocycles. The molecule has 0 saturated carbocycles. The normalized spacial score (nSPS) is 12.6. The molecule has 1 heterocycles. The molecule has 2 aromatic rings. The molecular weight excluding hydrogens is 369 g/mol. The van der Waals surface area contributed by atoms with Gasteiger partial charge in [-0.3, -0.25) is 4.68 Å². The van der Waals surface area contributed by atoms with Gasteiger partial charge in [0.1, 0.15) is 10.9 Å². The van der Waals surface area contributed by atoms with E-state index >= 15 is 0 Å². The summed E-state index contributed by atoms with van der Waals surface area (Å²) in [5.74, 6) is -0.525. The fourth-order valence-electron chi connectivity index (χ4n) is 2.20. The lowest BCUT2D eigenvalue weighted by Gasteiger charge is -2.18. The largest absolute Gasteiger partial charge is 0.435 e. The van der Waals surface area contributed by atoms with Crippen LogP contribution in [0, 0.1) is 0 Å². The number of carbonyl (C=O) groups is 1. The summed E-state index contributed by atoms with van der Waals surface area (Å²) in [4.78, 5) is 11.9. The number of esters is 1. The van der Waals surface area contributed by atoms with Crippen LogP contribution in [0.15, 0.2) is 30.3 Å². The fraction of sp³-hybridized carbons (Fsp3) is 0.333. The quantitative estimate of drug-likeness (QED) is 0.423. The minimum atomic E-state index is -4.68. The molecule has 0 saturated heterocycles. The van der Waals surface area contributed by atoms with Gasteiger partial charge < -0.3 is 4.74 Å². The zero-order chi connectivity index (χ0) is 19.7. The number of carbonyl (C=O) groups excluding carboxylic acids is 1. The van der Waals surface area contributed by atoms with Crippen LogP contribution in [0.25, 0.3) is 6.08 Å². The van der Waals surface area contributed by atoms with E-state index in [9.17, 15) is 18.0 Å². The lowest BCUT2D eigenvalue weighted by atomic mass is 9.87. The van der Waals surface area contributed by atoms with E-state index in [1.165, 1.54) is 7.05 Å². The van der Waals surface area contributed by atoms with E-state index in [0.29, 0.717) is 5.75 Å². The van der Waals surface area contributed by atoms with Crippen molar-refractivity contribution < 1.29 is 22.7 Å². The van der Waals surface area contributed by atoms with Crippen molar-refractivity contribution in [1.29, 1.82) is 0 Å². The van der Waals surface area contributed by atoms with Crippen molar-refractivity contribution in [3.05, 3.63) is 52.3 Å². The third-order valence-corrected chi connectivity index (χ3v) is 4.05. The van der Waals surface area contributed by atoms with E-state index < -0.39 is 17.8 Å². The van der Waals surface area contributed by atoms with Gasteiger partial charge in [-0.25, -0.2) is 4.79 Å². The van der Waals surface area contributed by atoms with E-state index in [1.54, 1.807) is 12.1 Å². The Morgan fingerprint density at radius 3 is 2.27 bits per heavy atom. The van der Waals surface area contributed by atoms with Gasteiger partial charge >= 0.3 is 12.1 Å². The Kier molecular flexibility index (Phi) is 5.51. The second kappa shape index (κ2) is 7.15. The average Bonchev–Trinajstić information content (AvgIpc) is 2.80. The number of aryl methyl sites for hydroxylation is 1. The second-order valence-electron chi connectivity index (χ2n) is 6.70. The van der Waals surface area contributed by atoms with Crippen molar-refractivity contribution >= 4 is 23.6 Å². The van der Waals surface area contributed by atoms with Crippen molar-refractivity contribution in [1.82, 2.24) is 9.78 Å². The summed E-state index contributed by atoms with van der Waals surface area (Å²) in [6.07, 6.45) is -2.85. The Bertz CT molecular complexity index is 832. The second-order valence-corrected chi connectivity index (χ2v) is 7.06. The highest BCUT2D eigenvalue weighted by atomic mass is 35.5. The van der Waals surface area contributed by atoms with E-state index in [4.69, 9.17) is 16.3 Å². The highest BCUT2D eigenvalue weighted by molar-refractivity contribution is 6.31. The third kappa shape index (κ3) is 4.66. The Morgan fingerprint density at radius 1 is 1.19 bits per heavy atom. The van der Waals surface area contributed by atoms with Crippen LogP contribution in [0.5, 0.6) is 5.75 Å². The van der Waals surface area contributed by atoms with Gasteiger partial charge in [0, 0.05) is 18.7 Å². The van der Waals surface area contributed by atoms with Crippen LogP contribution in [-0.4, -0.2) is 15.7 Å². The molecule has 0 spiro atoms. The minimum Gasteiger partial charge on any atom is -0.423 e. The predicted molar refractivity (Wildman–Crippen MR) is 93.0 cm³/mol. The molecule has 0 bridgehead atoms. The van der Waals surface area contributed by atoms with Crippen LogP contribution in [0.2, 0.25) is 5.15 Å². The molecule has 4 nitrogen and oxygen atoms in total. The number of halogens is 4. The van der Waals surface area contributed by atoms with E-state index in [0.717, 1.165) is 22.4 Å². The zero-order valence-electron chi connectivity index (χ0n) is 14.7. The molecule has 0 unspecified atom stereocenters. The van der Waals surface area contributed by atoms with Crippen LogP contribution in [-0.2, 0) is 23.4 Å². The molecule has 0 aliphatic carbocycles. The fourth-order valence-corrected chi connectivity index (χ4v) is 2.39. The predicted octanol–water partition coefficient (Wildman–Crippen LogP) is 5.01. The van der Waals surface area contributed by atoms with Crippen LogP contribution in [0.1, 0.15) is 37.6 Å². The first kappa shape index (κ1) is 20.0. The monoisotopic (exact) mass is 386 g/mol. The number of rotatable bonds is 3. The molecule has 0 fully saturated rings.